The molecule has 0 aromatic heterocycles. The molecule has 0 aromatic carbocycles. The average molecular weight is 764 g/mol. The fraction of sp³-hybridized carbons (Fsp3) is 0.917. The van der Waals surface area contributed by atoms with Crippen LogP contribution in [0, 0.1) is 0 Å². The third kappa shape index (κ3) is 37.5. The maximum absolute atomic E-state index is 13.1. The molecule has 0 fully saturated rings. The first kappa shape index (κ1) is 52.6. The number of hydrogen-bond acceptors (Lipinski definition) is 5. The van der Waals surface area contributed by atoms with E-state index in [4.69, 9.17) is 4.74 Å². The van der Waals surface area contributed by atoms with E-state index in [9.17, 15) is 19.8 Å². The van der Waals surface area contributed by atoms with Gasteiger partial charge in [0.15, 0.2) is 0 Å². The Balaban J connectivity index is 4.53. The quantitative estimate of drug-likeness (QED) is 0.0326. The van der Waals surface area contributed by atoms with Gasteiger partial charge in [0.25, 0.3) is 0 Å². The first-order valence-corrected chi connectivity index (χ1v) is 23.9. The second-order valence-corrected chi connectivity index (χ2v) is 16.5. The maximum Gasteiger partial charge on any atom is 0.306 e. The molecule has 0 saturated heterocycles. The molecule has 0 aliphatic carbocycles. The fourth-order valence-corrected chi connectivity index (χ4v) is 7.43. The number of amides is 1. The van der Waals surface area contributed by atoms with Crippen LogP contribution in [-0.2, 0) is 14.3 Å². The summed E-state index contributed by atoms with van der Waals surface area (Å²) in [5, 5.41) is 23.7. The summed E-state index contributed by atoms with van der Waals surface area (Å²) in [5.74, 6) is -0.482. The van der Waals surface area contributed by atoms with Gasteiger partial charge < -0.3 is 20.3 Å². The van der Waals surface area contributed by atoms with Gasteiger partial charge in [-0.1, -0.05) is 206 Å². The molecule has 0 heterocycles. The largest absolute Gasteiger partial charge is 0.462 e. The molecular weight excluding hydrogens is 671 g/mol. The molecule has 0 rings (SSSR count). The molecule has 0 radical (unpaired) electrons. The van der Waals surface area contributed by atoms with E-state index < -0.39 is 18.2 Å². The van der Waals surface area contributed by atoms with Crippen LogP contribution in [0.5, 0.6) is 0 Å². The van der Waals surface area contributed by atoms with E-state index in [0.29, 0.717) is 19.3 Å². The van der Waals surface area contributed by atoms with Crippen LogP contribution in [0.4, 0.5) is 0 Å². The highest BCUT2D eigenvalue weighted by Crippen LogP contribution is 2.18. The van der Waals surface area contributed by atoms with E-state index in [1.165, 1.54) is 161 Å². The van der Waals surface area contributed by atoms with E-state index >= 15 is 0 Å². The summed E-state index contributed by atoms with van der Waals surface area (Å²) < 4.78 is 5.90. The molecule has 3 unspecified atom stereocenters. The number of ether oxygens (including phenoxy) is 1. The predicted molar refractivity (Wildman–Crippen MR) is 232 cm³/mol. The lowest BCUT2D eigenvalue weighted by Crippen LogP contribution is -2.46. The summed E-state index contributed by atoms with van der Waals surface area (Å²) >= 11 is 0. The van der Waals surface area contributed by atoms with Crippen LogP contribution in [-0.4, -0.2) is 46.9 Å². The Bertz CT molecular complexity index is 817. The number of allylic oxidation sites excluding steroid dienone is 2. The second kappa shape index (κ2) is 42.7. The lowest BCUT2D eigenvalue weighted by atomic mass is 10.0. The monoisotopic (exact) mass is 764 g/mol. The average Bonchev–Trinajstić information content (AvgIpc) is 3.16. The van der Waals surface area contributed by atoms with Crippen molar-refractivity contribution in [3.8, 4) is 0 Å². The van der Waals surface area contributed by atoms with Gasteiger partial charge in [-0.05, 0) is 51.4 Å². The van der Waals surface area contributed by atoms with E-state index in [0.717, 1.165) is 51.4 Å². The fourth-order valence-electron chi connectivity index (χ4n) is 7.43. The lowest BCUT2D eigenvalue weighted by molar-refractivity contribution is -0.151. The van der Waals surface area contributed by atoms with Gasteiger partial charge in [-0.15, -0.1) is 0 Å². The second-order valence-electron chi connectivity index (χ2n) is 16.5. The van der Waals surface area contributed by atoms with Gasteiger partial charge >= 0.3 is 5.97 Å². The van der Waals surface area contributed by atoms with Crippen molar-refractivity contribution >= 4 is 11.9 Å². The van der Waals surface area contributed by atoms with Crippen LogP contribution in [0.15, 0.2) is 12.2 Å². The predicted octanol–water partition coefficient (Wildman–Crippen LogP) is 13.8. The Labute approximate surface area is 336 Å². The van der Waals surface area contributed by atoms with Gasteiger partial charge in [0, 0.05) is 6.42 Å². The minimum absolute atomic E-state index is 0.0778. The van der Waals surface area contributed by atoms with E-state index in [1.807, 2.05) is 0 Å². The number of unbranched alkanes of at least 4 members (excludes halogenated alkanes) is 29. The Kier molecular flexibility index (Phi) is 41.6. The number of aliphatic hydroxyl groups excluding tert-OH is 2. The Morgan fingerprint density at radius 3 is 1.31 bits per heavy atom. The van der Waals surface area contributed by atoms with Crippen molar-refractivity contribution in [2.45, 2.75) is 277 Å². The number of carbonyl (C=O) groups excluding carboxylic acids is 2. The summed E-state index contributed by atoms with van der Waals surface area (Å²) in [5.41, 5.74) is 0. The molecule has 3 N–H and O–H groups in total. The third-order valence-electron chi connectivity index (χ3n) is 11.1. The molecule has 0 aliphatic heterocycles. The zero-order valence-corrected chi connectivity index (χ0v) is 36.4. The van der Waals surface area contributed by atoms with E-state index in [1.54, 1.807) is 0 Å². The third-order valence-corrected chi connectivity index (χ3v) is 11.1. The highest BCUT2D eigenvalue weighted by atomic mass is 16.5. The van der Waals surface area contributed by atoms with Crippen molar-refractivity contribution in [1.29, 1.82) is 0 Å². The van der Waals surface area contributed by atoms with E-state index in [2.05, 4.69) is 38.2 Å². The molecule has 0 saturated carbocycles. The molecule has 0 aliphatic rings. The number of nitrogens with one attached hydrogen (secondary N) is 1. The van der Waals surface area contributed by atoms with Crippen LogP contribution in [0.3, 0.4) is 0 Å². The minimum Gasteiger partial charge on any atom is -0.462 e. The van der Waals surface area contributed by atoms with Gasteiger partial charge in [0.05, 0.1) is 25.2 Å². The van der Waals surface area contributed by atoms with Crippen molar-refractivity contribution in [3.05, 3.63) is 12.2 Å². The van der Waals surface area contributed by atoms with Crippen LogP contribution >= 0.6 is 0 Å². The molecular formula is C48H93NO5. The molecule has 1 amide bonds. The van der Waals surface area contributed by atoms with Crippen molar-refractivity contribution in [2.75, 3.05) is 6.61 Å². The molecule has 6 nitrogen and oxygen atoms in total. The highest BCUT2D eigenvalue weighted by Gasteiger charge is 2.24. The highest BCUT2D eigenvalue weighted by molar-refractivity contribution is 5.77. The van der Waals surface area contributed by atoms with Crippen LogP contribution in [0.2, 0.25) is 0 Å². The first-order valence-electron chi connectivity index (χ1n) is 23.9. The standard InChI is InChI=1S/C48H93NO5/c1-4-7-10-13-16-19-22-24-26-29-32-35-38-41-48(53)54-44(39-36-33-30-27-21-18-15-12-9-6-3)42-47(52)49-45(43-50)46(51)40-37-34-31-28-25-23-20-17-14-11-8-5-2/h24,26,44-46,50-51H,4-23,25,27-43H2,1-3H3,(H,49,52)/b26-24-. The Morgan fingerprint density at radius 2 is 0.889 bits per heavy atom. The smallest absolute Gasteiger partial charge is 0.306 e. The van der Waals surface area contributed by atoms with Crippen molar-refractivity contribution in [1.82, 2.24) is 5.32 Å². The number of hydrogen-bond donors (Lipinski definition) is 3. The Hall–Kier alpha value is -1.40. The molecule has 6 heteroatoms. The first-order chi connectivity index (χ1) is 26.5. The summed E-state index contributed by atoms with van der Waals surface area (Å²) in [7, 11) is 0. The zero-order chi connectivity index (χ0) is 39.6. The molecule has 0 aromatic rings. The Morgan fingerprint density at radius 1 is 0.519 bits per heavy atom. The maximum atomic E-state index is 13.1. The number of carbonyl (C=O) groups is 2. The van der Waals surface area contributed by atoms with Crippen LogP contribution < -0.4 is 5.32 Å². The van der Waals surface area contributed by atoms with Crippen molar-refractivity contribution < 1.29 is 24.5 Å². The normalized spacial score (nSPS) is 13.4. The summed E-state index contributed by atoms with van der Waals surface area (Å²) in [6, 6.07) is -0.696. The van der Waals surface area contributed by atoms with Gasteiger partial charge in [-0.3, -0.25) is 9.59 Å². The van der Waals surface area contributed by atoms with Gasteiger partial charge in [0.1, 0.15) is 6.10 Å². The molecule has 0 spiro atoms. The van der Waals surface area contributed by atoms with Crippen molar-refractivity contribution in [2.24, 2.45) is 0 Å². The van der Waals surface area contributed by atoms with Gasteiger partial charge in [-0.2, -0.15) is 0 Å². The minimum atomic E-state index is -0.782. The van der Waals surface area contributed by atoms with Crippen molar-refractivity contribution in [3.63, 3.8) is 0 Å². The molecule has 0 bridgehead atoms. The van der Waals surface area contributed by atoms with Crippen LogP contribution in [0.1, 0.15) is 258 Å². The summed E-state index contributed by atoms with van der Waals surface area (Å²) in [4.78, 5) is 26.0. The summed E-state index contributed by atoms with van der Waals surface area (Å²) in [6.45, 7) is 6.46. The SMILES string of the molecule is CCCCCCCC/C=C\CCCCCC(=O)OC(CCCCCCCCCCCC)CC(=O)NC(CO)C(O)CCCCCCCCCCCCCC. The van der Waals surface area contributed by atoms with E-state index in [-0.39, 0.29) is 24.9 Å². The number of esters is 1. The molecule has 54 heavy (non-hydrogen) atoms. The number of aliphatic hydroxyl groups is 2. The number of rotatable bonds is 43. The molecule has 320 valence electrons. The molecule has 3 atom stereocenters. The van der Waals surface area contributed by atoms with Crippen LogP contribution in [0.25, 0.3) is 0 Å². The zero-order valence-electron chi connectivity index (χ0n) is 36.4. The topological polar surface area (TPSA) is 95.9 Å². The lowest BCUT2D eigenvalue weighted by Gasteiger charge is -2.24. The summed E-state index contributed by atoms with van der Waals surface area (Å²) in [6.07, 6.45) is 45.5. The van der Waals surface area contributed by atoms with Gasteiger partial charge in [0.2, 0.25) is 5.91 Å². The van der Waals surface area contributed by atoms with Gasteiger partial charge in [-0.25, -0.2) is 0 Å².